The van der Waals surface area contributed by atoms with Gasteiger partial charge in [0.2, 0.25) is 0 Å². The van der Waals surface area contributed by atoms with Crippen molar-refractivity contribution in [1.29, 1.82) is 0 Å². The Morgan fingerprint density at radius 2 is 1.90 bits per heavy atom. The standard InChI is InChI=1S/C18H20FN/c1-12-5-8-17(19)10-16(12)11-18(20)15-7-6-13-3-2-4-14(13)9-15/h5-10,18H,2-4,11,20H2,1H3. The smallest absolute Gasteiger partial charge is 0.123 e. The summed E-state index contributed by atoms with van der Waals surface area (Å²) < 4.78 is 13.3. The molecule has 0 heterocycles. The fourth-order valence-electron chi connectivity index (χ4n) is 3.04. The minimum atomic E-state index is -0.188. The van der Waals surface area contributed by atoms with Crippen molar-refractivity contribution in [2.75, 3.05) is 0 Å². The van der Waals surface area contributed by atoms with Crippen LogP contribution >= 0.6 is 0 Å². The van der Waals surface area contributed by atoms with Crippen LogP contribution in [0.2, 0.25) is 0 Å². The van der Waals surface area contributed by atoms with Gasteiger partial charge < -0.3 is 5.73 Å². The van der Waals surface area contributed by atoms with Crippen molar-refractivity contribution in [3.63, 3.8) is 0 Å². The van der Waals surface area contributed by atoms with Crippen molar-refractivity contribution in [2.24, 2.45) is 5.73 Å². The van der Waals surface area contributed by atoms with E-state index in [4.69, 9.17) is 5.73 Å². The predicted molar refractivity (Wildman–Crippen MR) is 80.2 cm³/mol. The van der Waals surface area contributed by atoms with E-state index in [9.17, 15) is 4.39 Å². The molecule has 0 amide bonds. The first kappa shape index (κ1) is 13.3. The van der Waals surface area contributed by atoms with E-state index in [1.165, 1.54) is 30.0 Å². The molecule has 2 aromatic carbocycles. The molecule has 2 N–H and O–H groups in total. The van der Waals surface area contributed by atoms with Crippen LogP contribution < -0.4 is 5.73 Å². The molecule has 0 fully saturated rings. The SMILES string of the molecule is Cc1ccc(F)cc1CC(N)c1ccc2c(c1)CCC2. The number of aryl methyl sites for hydroxylation is 3. The minimum absolute atomic E-state index is 0.0681. The van der Waals surface area contributed by atoms with Crippen LogP contribution in [-0.4, -0.2) is 0 Å². The fourth-order valence-corrected chi connectivity index (χ4v) is 3.04. The van der Waals surface area contributed by atoms with Crippen LogP contribution in [0.4, 0.5) is 4.39 Å². The average molecular weight is 269 g/mol. The normalized spacial score (nSPS) is 15.2. The molecule has 1 atom stereocenters. The van der Waals surface area contributed by atoms with Gasteiger partial charge in [0.05, 0.1) is 0 Å². The van der Waals surface area contributed by atoms with E-state index in [1.807, 2.05) is 13.0 Å². The lowest BCUT2D eigenvalue weighted by atomic mass is 9.94. The monoisotopic (exact) mass is 269 g/mol. The Balaban J connectivity index is 1.82. The highest BCUT2D eigenvalue weighted by Gasteiger charge is 2.15. The lowest BCUT2D eigenvalue weighted by molar-refractivity contribution is 0.621. The second-order valence-corrected chi connectivity index (χ2v) is 5.76. The van der Waals surface area contributed by atoms with Crippen LogP contribution in [-0.2, 0) is 19.3 Å². The molecular formula is C18H20FN. The van der Waals surface area contributed by atoms with Gasteiger partial charge in [-0.1, -0.05) is 24.3 Å². The number of benzene rings is 2. The third-order valence-corrected chi connectivity index (χ3v) is 4.30. The molecule has 1 unspecified atom stereocenters. The number of halogens is 1. The summed E-state index contributed by atoms with van der Waals surface area (Å²) in [4.78, 5) is 0. The maximum atomic E-state index is 13.3. The van der Waals surface area contributed by atoms with Gasteiger partial charge in [-0.05, 0) is 72.6 Å². The number of hydrogen-bond acceptors (Lipinski definition) is 1. The number of rotatable bonds is 3. The van der Waals surface area contributed by atoms with Gasteiger partial charge in [0.15, 0.2) is 0 Å². The van der Waals surface area contributed by atoms with Crippen molar-refractivity contribution in [1.82, 2.24) is 0 Å². The topological polar surface area (TPSA) is 26.0 Å². The van der Waals surface area contributed by atoms with Crippen molar-refractivity contribution < 1.29 is 4.39 Å². The van der Waals surface area contributed by atoms with Gasteiger partial charge in [0, 0.05) is 6.04 Å². The predicted octanol–water partition coefficient (Wildman–Crippen LogP) is 3.87. The van der Waals surface area contributed by atoms with E-state index >= 15 is 0 Å². The summed E-state index contributed by atoms with van der Waals surface area (Å²) in [6.07, 6.45) is 4.28. The lowest BCUT2D eigenvalue weighted by Gasteiger charge is -2.15. The number of nitrogens with two attached hydrogens (primary N) is 1. The third-order valence-electron chi connectivity index (χ3n) is 4.30. The summed E-state index contributed by atoms with van der Waals surface area (Å²) in [5.41, 5.74) is 12.5. The van der Waals surface area contributed by atoms with E-state index in [1.54, 1.807) is 6.07 Å². The van der Waals surface area contributed by atoms with Gasteiger partial charge in [-0.25, -0.2) is 4.39 Å². The zero-order valence-corrected chi connectivity index (χ0v) is 11.8. The molecule has 0 spiro atoms. The molecule has 1 nitrogen and oxygen atoms in total. The second-order valence-electron chi connectivity index (χ2n) is 5.76. The van der Waals surface area contributed by atoms with Crippen molar-refractivity contribution in [3.8, 4) is 0 Å². The molecule has 3 rings (SSSR count). The number of fused-ring (bicyclic) bond motifs is 1. The second kappa shape index (κ2) is 5.37. The highest BCUT2D eigenvalue weighted by Crippen LogP contribution is 2.26. The Kier molecular flexibility index (Phi) is 3.58. The Hall–Kier alpha value is -1.67. The largest absolute Gasteiger partial charge is 0.324 e. The van der Waals surface area contributed by atoms with Crippen LogP contribution in [0, 0.1) is 12.7 Å². The first-order valence-electron chi connectivity index (χ1n) is 7.26. The molecule has 0 saturated heterocycles. The average Bonchev–Trinajstić information content (AvgIpc) is 2.90. The summed E-state index contributed by atoms with van der Waals surface area (Å²) in [6.45, 7) is 2.00. The van der Waals surface area contributed by atoms with E-state index in [0.29, 0.717) is 6.42 Å². The molecule has 20 heavy (non-hydrogen) atoms. The Morgan fingerprint density at radius 1 is 1.10 bits per heavy atom. The van der Waals surface area contributed by atoms with E-state index < -0.39 is 0 Å². The lowest BCUT2D eigenvalue weighted by Crippen LogP contribution is -2.14. The molecule has 1 aliphatic rings. The van der Waals surface area contributed by atoms with Gasteiger partial charge in [0.1, 0.15) is 5.82 Å². The van der Waals surface area contributed by atoms with Gasteiger partial charge >= 0.3 is 0 Å². The molecule has 1 aliphatic carbocycles. The molecule has 0 aliphatic heterocycles. The number of hydrogen-bond donors (Lipinski definition) is 1. The van der Waals surface area contributed by atoms with E-state index in [2.05, 4.69) is 18.2 Å². The van der Waals surface area contributed by atoms with Crippen LogP contribution in [0.15, 0.2) is 36.4 Å². The summed E-state index contributed by atoms with van der Waals surface area (Å²) in [7, 11) is 0. The van der Waals surface area contributed by atoms with Gasteiger partial charge in [-0.2, -0.15) is 0 Å². The molecule has 2 aromatic rings. The summed E-state index contributed by atoms with van der Waals surface area (Å²) in [6, 6.07) is 11.4. The fraction of sp³-hybridized carbons (Fsp3) is 0.333. The van der Waals surface area contributed by atoms with Gasteiger partial charge in [-0.15, -0.1) is 0 Å². The summed E-state index contributed by atoms with van der Waals surface area (Å²) >= 11 is 0. The maximum absolute atomic E-state index is 13.3. The van der Waals surface area contributed by atoms with Gasteiger partial charge in [-0.3, -0.25) is 0 Å². The van der Waals surface area contributed by atoms with Crippen molar-refractivity contribution in [2.45, 2.75) is 38.6 Å². The molecule has 2 heteroatoms. The van der Waals surface area contributed by atoms with Crippen LogP contribution in [0.3, 0.4) is 0 Å². The Bertz CT molecular complexity index is 633. The minimum Gasteiger partial charge on any atom is -0.324 e. The van der Waals surface area contributed by atoms with E-state index in [-0.39, 0.29) is 11.9 Å². The third kappa shape index (κ3) is 2.61. The molecule has 0 aromatic heterocycles. The highest BCUT2D eigenvalue weighted by molar-refractivity contribution is 5.37. The first-order chi connectivity index (χ1) is 9.63. The molecule has 0 bridgehead atoms. The quantitative estimate of drug-likeness (QED) is 0.899. The Labute approximate surface area is 119 Å². The first-order valence-corrected chi connectivity index (χ1v) is 7.26. The van der Waals surface area contributed by atoms with Gasteiger partial charge in [0.25, 0.3) is 0 Å². The van der Waals surface area contributed by atoms with Crippen LogP contribution in [0.5, 0.6) is 0 Å². The molecule has 104 valence electrons. The van der Waals surface area contributed by atoms with Crippen LogP contribution in [0.25, 0.3) is 0 Å². The van der Waals surface area contributed by atoms with Crippen molar-refractivity contribution >= 4 is 0 Å². The van der Waals surface area contributed by atoms with Crippen LogP contribution in [0.1, 0.15) is 40.3 Å². The maximum Gasteiger partial charge on any atom is 0.123 e. The van der Waals surface area contributed by atoms with E-state index in [0.717, 1.165) is 23.1 Å². The van der Waals surface area contributed by atoms with Crippen molar-refractivity contribution in [3.05, 3.63) is 70.0 Å². The zero-order chi connectivity index (χ0) is 14.1. The zero-order valence-electron chi connectivity index (χ0n) is 11.8. The summed E-state index contributed by atoms with van der Waals surface area (Å²) in [5.74, 6) is -0.188. The highest BCUT2D eigenvalue weighted by atomic mass is 19.1. The molecular weight excluding hydrogens is 249 g/mol. The summed E-state index contributed by atoms with van der Waals surface area (Å²) in [5, 5.41) is 0. The molecule has 0 radical (unpaired) electrons. The molecule has 0 saturated carbocycles. The Morgan fingerprint density at radius 3 is 2.75 bits per heavy atom.